The average Bonchev–Trinajstić information content (AvgIpc) is 2.99. The van der Waals surface area contributed by atoms with Crippen LogP contribution in [-0.2, 0) is 17.0 Å². The number of aromatic nitrogens is 2. The fraction of sp³-hybridized carbons (Fsp3) is 0.867. The van der Waals surface area contributed by atoms with Gasteiger partial charge in [0.1, 0.15) is 0 Å². The third kappa shape index (κ3) is 3.56. The standard InChI is InChI=1S/C15H25N3O4S/c1-23-10-13-16-14(22-17-13)9-18-4-2-15(3-5-18)11(20)8-12(15)21-7-6-19/h11-12,19-20H,2-10H2,1H3. The first-order chi connectivity index (χ1) is 11.2. The number of rotatable bonds is 7. The largest absolute Gasteiger partial charge is 0.394 e. The van der Waals surface area contributed by atoms with E-state index in [0.29, 0.717) is 25.5 Å². The number of hydrogen-bond donors (Lipinski definition) is 2. The van der Waals surface area contributed by atoms with Crippen LogP contribution in [0, 0.1) is 5.41 Å². The molecule has 7 nitrogen and oxygen atoms in total. The summed E-state index contributed by atoms with van der Waals surface area (Å²) in [6, 6.07) is 0. The second-order valence-electron chi connectivity index (χ2n) is 6.38. The maximum atomic E-state index is 10.2. The fourth-order valence-corrected chi connectivity index (χ4v) is 4.05. The summed E-state index contributed by atoms with van der Waals surface area (Å²) < 4.78 is 11.0. The molecule has 0 bridgehead atoms. The van der Waals surface area contributed by atoms with Crippen molar-refractivity contribution >= 4 is 11.8 Å². The molecule has 2 heterocycles. The fourth-order valence-electron chi connectivity index (χ4n) is 3.67. The van der Waals surface area contributed by atoms with Gasteiger partial charge in [0, 0.05) is 11.8 Å². The molecule has 1 aromatic heterocycles. The molecule has 1 saturated carbocycles. The lowest BCUT2D eigenvalue weighted by atomic mass is 9.58. The summed E-state index contributed by atoms with van der Waals surface area (Å²) in [5.74, 6) is 2.17. The van der Waals surface area contributed by atoms with Crippen molar-refractivity contribution in [1.29, 1.82) is 0 Å². The smallest absolute Gasteiger partial charge is 0.240 e. The van der Waals surface area contributed by atoms with Crippen LogP contribution in [0.1, 0.15) is 31.0 Å². The summed E-state index contributed by atoms with van der Waals surface area (Å²) in [5, 5.41) is 23.1. The van der Waals surface area contributed by atoms with Crippen LogP contribution in [0.3, 0.4) is 0 Å². The molecule has 2 aliphatic rings. The number of nitrogens with zero attached hydrogens (tertiary/aromatic N) is 3. The Morgan fingerprint density at radius 2 is 2.22 bits per heavy atom. The van der Waals surface area contributed by atoms with Crippen molar-refractivity contribution < 1.29 is 19.5 Å². The minimum absolute atomic E-state index is 0.0321. The van der Waals surface area contributed by atoms with E-state index in [1.807, 2.05) is 6.26 Å². The van der Waals surface area contributed by atoms with Gasteiger partial charge in [0.25, 0.3) is 0 Å². The highest BCUT2D eigenvalue weighted by molar-refractivity contribution is 7.97. The van der Waals surface area contributed by atoms with Crippen molar-refractivity contribution in [3.05, 3.63) is 11.7 Å². The molecule has 0 amide bonds. The number of hydrogen-bond acceptors (Lipinski definition) is 8. The van der Waals surface area contributed by atoms with Gasteiger partial charge in [-0.05, 0) is 32.2 Å². The van der Waals surface area contributed by atoms with Gasteiger partial charge in [-0.15, -0.1) is 0 Å². The molecular formula is C15H25N3O4S. The predicted octanol–water partition coefficient (Wildman–Crippen LogP) is 0.657. The van der Waals surface area contributed by atoms with Crippen molar-refractivity contribution in [3.63, 3.8) is 0 Å². The molecule has 1 aromatic rings. The summed E-state index contributed by atoms with van der Waals surface area (Å²) in [5.41, 5.74) is -0.134. The molecule has 2 fully saturated rings. The van der Waals surface area contributed by atoms with Crippen LogP contribution in [0.5, 0.6) is 0 Å². The van der Waals surface area contributed by atoms with Crippen molar-refractivity contribution in [2.45, 2.75) is 43.8 Å². The molecule has 23 heavy (non-hydrogen) atoms. The van der Waals surface area contributed by atoms with Crippen molar-refractivity contribution in [1.82, 2.24) is 15.0 Å². The number of piperidine rings is 1. The highest BCUT2D eigenvalue weighted by Gasteiger charge is 2.56. The SMILES string of the molecule is CSCc1noc(CN2CCC3(CC2)C(O)CC3OCCO)n1. The van der Waals surface area contributed by atoms with Crippen LogP contribution in [0.4, 0.5) is 0 Å². The lowest BCUT2D eigenvalue weighted by Gasteiger charge is -2.56. The monoisotopic (exact) mass is 343 g/mol. The number of aliphatic hydroxyl groups is 2. The molecule has 1 aliphatic carbocycles. The molecule has 2 unspecified atom stereocenters. The summed E-state index contributed by atoms with van der Waals surface area (Å²) in [6.07, 6.45) is 4.28. The second kappa shape index (κ2) is 7.48. The Hall–Kier alpha value is -0.670. The van der Waals surface area contributed by atoms with Gasteiger partial charge in [-0.2, -0.15) is 16.7 Å². The van der Waals surface area contributed by atoms with Gasteiger partial charge in [-0.3, -0.25) is 4.90 Å². The molecule has 2 atom stereocenters. The zero-order valence-electron chi connectivity index (χ0n) is 13.5. The highest BCUT2D eigenvalue weighted by atomic mass is 32.2. The van der Waals surface area contributed by atoms with E-state index in [1.54, 1.807) is 11.8 Å². The molecule has 2 N–H and O–H groups in total. The summed E-state index contributed by atoms with van der Waals surface area (Å²) >= 11 is 1.67. The van der Waals surface area contributed by atoms with Gasteiger partial charge >= 0.3 is 0 Å². The molecule has 130 valence electrons. The molecule has 1 aliphatic heterocycles. The first-order valence-corrected chi connectivity index (χ1v) is 9.50. The van der Waals surface area contributed by atoms with E-state index in [4.69, 9.17) is 14.4 Å². The van der Waals surface area contributed by atoms with Crippen LogP contribution in [-0.4, -0.2) is 70.0 Å². The van der Waals surface area contributed by atoms with Crippen LogP contribution in [0.25, 0.3) is 0 Å². The Bertz CT molecular complexity index is 505. The van der Waals surface area contributed by atoms with Crippen molar-refractivity contribution in [2.75, 3.05) is 32.6 Å². The van der Waals surface area contributed by atoms with Gasteiger partial charge < -0.3 is 19.5 Å². The Kier molecular flexibility index (Phi) is 5.58. The Morgan fingerprint density at radius 3 is 2.87 bits per heavy atom. The maximum absolute atomic E-state index is 10.2. The molecule has 0 aromatic carbocycles. The lowest BCUT2D eigenvalue weighted by Crippen LogP contribution is -2.62. The van der Waals surface area contributed by atoms with E-state index >= 15 is 0 Å². The van der Waals surface area contributed by atoms with E-state index in [1.165, 1.54) is 0 Å². The topological polar surface area (TPSA) is 91.9 Å². The van der Waals surface area contributed by atoms with E-state index < -0.39 is 0 Å². The van der Waals surface area contributed by atoms with Gasteiger partial charge in [-0.1, -0.05) is 5.16 Å². The quantitative estimate of drug-likeness (QED) is 0.746. The minimum Gasteiger partial charge on any atom is -0.394 e. The molecule has 1 saturated heterocycles. The van der Waals surface area contributed by atoms with Crippen molar-refractivity contribution in [2.24, 2.45) is 5.41 Å². The van der Waals surface area contributed by atoms with E-state index in [2.05, 4.69) is 15.0 Å². The Morgan fingerprint density at radius 1 is 1.43 bits per heavy atom. The van der Waals surface area contributed by atoms with E-state index in [9.17, 15) is 5.11 Å². The number of thioether (sulfide) groups is 1. The molecule has 1 spiro atoms. The maximum Gasteiger partial charge on any atom is 0.240 e. The van der Waals surface area contributed by atoms with Gasteiger partial charge in [-0.25, -0.2) is 0 Å². The number of ether oxygens (including phenoxy) is 1. The predicted molar refractivity (Wildman–Crippen MR) is 85.9 cm³/mol. The van der Waals surface area contributed by atoms with Crippen LogP contribution < -0.4 is 0 Å². The van der Waals surface area contributed by atoms with Crippen molar-refractivity contribution in [3.8, 4) is 0 Å². The molecule has 0 radical (unpaired) electrons. The molecule has 3 rings (SSSR count). The first-order valence-electron chi connectivity index (χ1n) is 8.11. The number of likely N-dealkylation sites (tertiary alicyclic amines) is 1. The molecular weight excluding hydrogens is 318 g/mol. The van der Waals surface area contributed by atoms with Crippen LogP contribution in [0.2, 0.25) is 0 Å². The average molecular weight is 343 g/mol. The van der Waals surface area contributed by atoms with Gasteiger partial charge in [0.05, 0.1) is 37.7 Å². The molecule has 8 heteroatoms. The summed E-state index contributed by atoms with van der Waals surface area (Å²) in [7, 11) is 0. The third-order valence-electron chi connectivity index (χ3n) is 5.08. The lowest BCUT2D eigenvalue weighted by molar-refractivity contribution is -0.213. The first kappa shape index (κ1) is 17.2. The minimum atomic E-state index is -0.287. The normalized spacial score (nSPS) is 27.3. The zero-order valence-corrected chi connectivity index (χ0v) is 14.3. The Balaban J connectivity index is 1.51. The third-order valence-corrected chi connectivity index (χ3v) is 5.63. The van der Waals surface area contributed by atoms with Gasteiger partial charge in [0.2, 0.25) is 5.89 Å². The van der Waals surface area contributed by atoms with E-state index in [-0.39, 0.29) is 24.2 Å². The van der Waals surface area contributed by atoms with Gasteiger partial charge in [0.15, 0.2) is 5.82 Å². The summed E-state index contributed by atoms with van der Waals surface area (Å²) in [4.78, 5) is 6.68. The highest BCUT2D eigenvalue weighted by Crippen LogP contribution is 2.51. The van der Waals surface area contributed by atoms with Crippen LogP contribution >= 0.6 is 11.8 Å². The van der Waals surface area contributed by atoms with Crippen LogP contribution in [0.15, 0.2) is 4.52 Å². The second-order valence-corrected chi connectivity index (χ2v) is 7.25. The zero-order chi connectivity index (χ0) is 16.3. The Labute approximate surface area is 140 Å². The summed E-state index contributed by atoms with van der Waals surface area (Å²) in [6.45, 7) is 2.82. The van der Waals surface area contributed by atoms with E-state index in [0.717, 1.165) is 37.5 Å². The number of aliphatic hydroxyl groups excluding tert-OH is 2.